The molecule has 0 unspecified atom stereocenters. The van der Waals surface area contributed by atoms with Crippen LogP contribution < -0.4 is 5.56 Å². The second-order valence-corrected chi connectivity index (χ2v) is 6.68. The van der Waals surface area contributed by atoms with E-state index in [2.05, 4.69) is 4.98 Å². The summed E-state index contributed by atoms with van der Waals surface area (Å²) in [4.78, 5) is 28.5. The molecule has 0 fully saturated rings. The Labute approximate surface area is 166 Å². The summed E-state index contributed by atoms with van der Waals surface area (Å²) in [6, 6.07) is 20.4. The minimum absolute atomic E-state index is 0.219. The van der Waals surface area contributed by atoms with E-state index >= 15 is 0 Å². The smallest absolute Gasteiger partial charge is 0.358 e. The molecule has 2 aromatic heterocycles. The zero-order valence-corrected chi connectivity index (χ0v) is 15.4. The number of pyridine rings is 2. The normalized spacial score (nSPS) is 10.9. The van der Waals surface area contributed by atoms with Crippen LogP contribution in [0.3, 0.4) is 0 Å². The molecule has 4 rings (SSSR count). The molecule has 0 aliphatic heterocycles. The summed E-state index contributed by atoms with van der Waals surface area (Å²) in [6.45, 7) is 0.369. The average molecular weight is 386 g/mol. The number of hydrogen-bond donors (Lipinski definition) is 2. The van der Waals surface area contributed by atoms with Gasteiger partial charge in [0.2, 0.25) is 0 Å². The zero-order chi connectivity index (χ0) is 20.4. The summed E-state index contributed by atoms with van der Waals surface area (Å²) in [5.74, 6) is -1.77. The van der Waals surface area contributed by atoms with Crippen molar-refractivity contribution in [3.63, 3.8) is 0 Å². The lowest BCUT2D eigenvalue weighted by Crippen LogP contribution is -2.23. The Bertz CT molecular complexity index is 1250. The number of fused-ring (bicyclic) bond motifs is 1. The van der Waals surface area contributed by atoms with Gasteiger partial charge in [-0.15, -0.1) is 0 Å². The van der Waals surface area contributed by atoms with Crippen molar-refractivity contribution < 1.29 is 15.0 Å². The molecular weight excluding hydrogens is 368 g/mol. The SMILES string of the molecule is O=C(O)c1ncc2c(cc(-c3ccccc3)c(=O)n2CCc2ccccc2)c1O. The molecule has 0 saturated carbocycles. The molecule has 0 radical (unpaired) electrons. The van der Waals surface area contributed by atoms with Gasteiger partial charge >= 0.3 is 5.97 Å². The first kappa shape index (κ1) is 18.4. The molecule has 0 spiro atoms. The Kier molecular flexibility index (Phi) is 4.83. The molecule has 4 aromatic rings. The standard InChI is InChI=1S/C23H18N2O4/c26-21-18-13-17(16-9-5-2-6-10-16)22(27)25(12-11-15-7-3-1-4-8-15)19(18)14-24-20(21)23(28)29/h1-10,13-14,26H,11-12H2,(H,28,29). The number of carboxylic acid groups (broad SMARTS) is 1. The van der Waals surface area contributed by atoms with Crippen LogP contribution in [-0.4, -0.2) is 25.7 Å². The van der Waals surface area contributed by atoms with Crippen molar-refractivity contribution in [1.82, 2.24) is 9.55 Å². The molecule has 0 aliphatic rings. The van der Waals surface area contributed by atoms with Crippen LogP contribution in [0.15, 0.2) is 77.7 Å². The van der Waals surface area contributed by atoms with Crippen LogP contribution in [-0.2, 0) is 13.0 Å². The third-order valence-electron chi connectivity index (χ3n) is 4.88. The molecule has 144 valence electrons. The Morgan fingerprint density at radius 2 is 1.66 bits per heavy atom. The molecule has 2 heterocycles. The number of nitrogens with zero attached hydrogens (tertiary/aromatic N) is 2. The van der Waals surface area contributed by atoms with E-state index < -0.39 is 17.4 Å². The van der Waals surface area contributed by atoms with E-state index in [4.69, 9.17) is 0 Å². The van der Waals surface area contributed by atoms with Crippen LogP contribution in [0.4, 0.5) is 0 Å². The van der Waals surface area contributed by atoms with Gasteiger partial charge in [0, 0.05) is 17.5 Å². The third kappa shape index (κ3) is 3.48. The van der Waals surface area contributed by atoms with E-state index in [1.807, 2.05) is 48.5 Å². The highest BCUT2D eigenvalue weighted by Crippen LogP contribution is 2.29. The number of aromatic nitrogens is 2. The fraction of sp³-hybridized carbons (Fsp3) is 0.0870. The highest BCUT2D eigenvalue weighted by atomic mass is 16.4. The maximum Gasteiger partial charge on any atom is 0.358 e. The van der Waals surface area contributed by atoms with Gasteiger partial charge in [0.25, 0.3) is 5.56 Å². The molecule has 0 bridgehead atoms. The maximum absolute atomic E-state index is 13.3. The number of carbonyl (C=O) groups is 1. The molecule has 2 aromatic carbocycles. The highest BCUT2D eigenvalue weighted by Gasteiger charge is 2.19. The first-order chi connectivity index (χ1) is 14.1. The lowest BCUT2D eigenvalue weighted by atomic mass is 10.0. The maximum atomic E-state index is 13.3. The third-order valence-corrected chi connectivity index (χ3v) is 4.88. The predicted octanol–water partition coefficient (Wildman–Crippen LogP) is 3.71. The summed E-state index contributed by atoms with van der Waals surface area (Å²) in [5.41, 5.74) is 1.89. The van der Waals surface area contributed by atoms with E-state index in [9.17, 15) is 19.8 Å². The van der Waals surface area contributed by atoms with Crippen molar-refractivity contribution >= 4 is 16.9 Å². The Morgan fingerprint density at radius 1 is 1.00 bits per heavy atom. The van der Waals surface area contributed by atoms with Crippen LogP contribution in [0, 0.1) is 0 Å². The van der Waals surface area contributed by atoms with Crippen molar-refractivity contribution in [1.29, 1.82) is 0 Å². The summed E-state index contributed by atoms with van der Waals surface area (Å²) in [7, 11) is 0. The van der Waals surface area contributed by atoms with Crippen molar-refractivity contribution in [3.05, 3.63) is 94.5 Å². The van der Waals surface area contributed by atoms with Gasteiger partial charge in [-0.1, -0.05) is 60.7 Å². The molecule has 0 atom stereocenters. The highest BCUT2D eigenvalue weighted by molar-refractivity contribution is 5.98. The second kappa shape index (κ2) is 7.59. The Morgan fingerprint density at radius 3 is 2.31 bits per heavy atom. The minimum atomic E-state index is -1.33. The quantitative estimate of drug-likeness (QED) is 0.545. The van der Waals surface area contributed by atoms with Gasteiger partial charge in [-0.2, -0.15) is 0 Å². The Hall–Kier alpha value is -3.93. The molecular formula is C23H18N2O4. The number of aryl methyl sites for hydroxylation is 2. The summed E-state index contributed by atoms with van der Waals surface area (Å²) >= 11 is 0. The van der Waals surface area contributed by atoms with Gasteiger partial charge in [-0.05, 0) is 23.6 Å². The zero-order valence-electron chi connectivity index (χ0n) is 15.4. The predicted molar refractivity (Wildman–Crippen MR) is 110 cm³/mol. The largest absolute Gasteiger partial charge is 0.505 e. The number of benzene rings is 2. The van der Waals surface area contributed by atoms with Crippen molar-refractivity contribution in [2.45, 2.75) is 13.0 Å². The van der Waals surface area contributed by atoms with Gasteiger partial charge in [0.05, 0.1) is 11.7 Å². The fourth-order valence-electron chi connectivity index (χ4n) is 3.41. The molecule has 0 saturated heterocycles. The lowest BCUT2D eigenvalue weighted by molar-refractivity contribution is 0.0687. The minimum Gasteiger partial charge on any atom is -0.505 e. The van der Waals surface area contributed by atoms with Gasteiger partial charge < -0.3 is 14.8 Å². The molecule has 29 heavy (non-hydrogen) atoms. The van der Waals surface area contributed by atoms with E-state index in [1.165, 1.54) is 12.3 Å². The number of carboxylic acids is 1. The molecule has 2 N–H and O–H groups in total. The van der Waals surface area contributed by atoms with Gasteiger partial charge in [0.15, 0.2) is 11.4 Å². The molecule has 0 aliphatic carbocycles. The van der Waals surface area contributed by atoms with E-state index in [1.54, 1.807) is 16.7 Å². The average Bonchev–Trinajstić information content (AvgIpc) is 2.74. The Balaban J connectivity index is 1.94. The van der Waals surface area contributed by atoms with Crippen LogP contribution in [0.5, 0.6) is 5.75 Å². The second-order valence-electron chi connectivity index (χ2n) is 6.68. The summed E-state index contributed by atoms with van der Waals surface area (Å²) < 4.78 is 1.54. The summed E-state index contributed by atoms with van der Waals surface area (Å²) in [5, 5.41) is 20.1. The van der Waals surface area contributed by atoms with Gasteiger partial charge in [-0.25, -0.2) is 9.78 Å². The number of aromatic hydroxyl groups is 1. The van der Waals surface area contributed by atoms with E-state index in [-0.39, 0.29) is 10.9 Å². The first-order valence-corrected chi connectivity index (χ1v) is 9.14. The first-order valence-electron chi connectivity index (χ1n) is 9.14. The number of hydrogen-bond acceptors (Lipinski definition) is 4. The number of aromatic carboxylic acids is 1. The number of rotatable bonds is 5. The lowest BCUT2D eigenvalue weighted by Gasteiger charge is -2.14. The summed E-state index contributed by atoms with van der Waals surface area (Å²) in [6.07, 6.45) is 1.94. The van der Waals surface area contributed by atoms with Crippen molar-refractivity contribution in [2.75, 3.05) is 0 Å². The molecule has 6 heteroatoms. The van der Waals surface area contributed by atoms with Crippen LogP contribution in [0.25, 0.3) is 22.0 Å². The monoisotopic (exact) mass is 386 g/mol. The fourth-order valence-corrected chi connectivity index (χ4v) is 3.41. The molecule has 0 amide bonds. The topological polar surface area (TPSA) is 92.4 Å². The molecule has 6 nitrogen and oxygen atoms in total. The van der Waals surface area contributed by atoms with Crippen LogP contribution in [0.2, 0.25) is 0 Å². The van der Waals surface area contributed by atoms with E-state index in [0.717, 1.165) is 5.56 Å². The van der Waals surface area contributed by atoms with Gasteiger partial charge in [-0.3, -0.25) is 4.79 Å². The van der Waals surface area contributed by atoms with Gasteiger partial charge in [0.1, 0.15) is 0 Å². The van der Waals surface area contributed by atoms with Crippen molar-refractivity contribution in [2.24, 2.45) is 0 Å². The van der Waals surface area contributed by atoms with Crippen molar-refractivity contribution in [3.8, 4) is 16.9 Å². The van der Waals surface area contributed by atoms with E-state index in [0.29, 0.717) is 29.6 Å². The van der Waals surface area contributed by atoms with Crippen LogP contribution >= 0.6 is 0 Å². The van der Waals surface area contributed by atoms with Crippen LogP contribution in [0.1, 0.15) is 16.1 Å².